The van der Waals surface area contributed by atoms with Gasteiger partial charge in [-0.1, -0.05) is 0 Å². The minimum Gasteiger partial charge on any atom is -0.476 e. The van der Waals surface area contributed by atoms with Crippen molar-refractivity contribution in [3.8, 4) is 0 Å². The monoisotopic (exact) mass is 212 g/mol. The Morgan fingerprint density at radius 1 is 1.60 bits per heavy atom. The number of likely N-dealkylation sites (N-methyl/N-ethyl adjacent to an activating group) is 1. The minimum atomic E-state index is -1.04. The number of nitrogens with two attached hydrogens (primary N) is 1. The van der Waals surface area contributed by atoms with Crippen LogP contribution in [-0.2, 0) is 6.54 Å². The first-order chi connectivity index (χ1) is 6.93. The van der Waals surface area contributed by atoms with Gasteiger partial charge in [0.05, 0.1) is 6.54 Å². The summed E-state index contributed by atoms with van der Waals surface area (Å²) in [6.45, 7) is 3.02. The molecular weight excluding hydrogens is 196 g/mol. The van der Waals surface area contributed by atoms with Gasteiger partial charge in [0.1, 0.15) is 5.82 Å². The predicted octanol–water partition coefficient (Wildman–Crippen LogP) is 0.0335. The molecule has 6 heteroatoms. The Labute approximate surface area is 88.3 Å². The highest BCUT2D eigenvalue weighted by atomic mass is 16.4. The average Bonchev–Trinajstić information content (AvgIpc) is 2.41. The molecule has 15 heavy (non-hydrogen) atoms. The lowest BCUT2D eigenvalue weighted by molar-refractivity contribution is 0.0688. The van der Waals surface area contributed by atoms with Gasteiger partial charge in [-0.05, 0) is 21.0 Å². The zero-order valence-corrected chi connectivity index (χ0v) is 9.19. The number of aromatic nitrogens is 2. The SMILES string of the molecule is Cc1c(C(=O)O)nn(CCN(C)C)c1N. The second-order valence-corrected chi connectivity index (χ2v) is 3.69. The number of anilines is 1. The molecule has 0 saturated carbocycles. The van der Waals surface area contributed by atoms with Crippen molar-refractivity contribution in [3.63, 3.8) is 0 Å². The van der Waals surface area contributed by atoms with E-state index < -0.39 is 5.97 Å². The molecule has 0 amide bonds. The van der Waals surface area contributed by atoms with Gasteiger partial charge in [-0.3, -0.25) is 0 Å². The minimum absolute atomic E-state index is 0.0336. The molecule has 0 unspecified atom stereocenters. The van der Waals surface area contributed by atoms with Crippen LogP contribution >= 0.6 is 0 Å². The normalized spacial score (nSPS) is 10.9. The highest BCUT2D eigenvalue weighted by Crippen LogP contribution is 2.15. The van der Waals surface area contributed by atoms with Crippen LogP contribution in [0, 0.1) is 6.92 Å². The highest BCUT2D eigenvalue weighted by molar-refractivity contribution is 5.88. The molecule has 3 N–H and O–H groups in total. The van der Waals surface area contributed by atoms with Crippen LogP contribution in [0.5, 0.6) is 0 Å². The van der Waals surface area contributed by atoms with Crippen molar-refractivity contribution in [3.05, 3.63) is 11.3 Å². The van der Waals surface area contributed by atoms with E-state index in [1.165, 1.54) is 4.68 Å². The van der Waals surface area contributed by atoms with E-state index in [0.29, 0.717) is 17.9 Å². The summed E-state index contributed by atoms with van der Waals surface area (Å²) in [5.41, 5.74) is 6.31. The Morgan fingerprint density at radius 3 is 2.60 bits per heavy atom. The van der Waals surface area contributed by atoms with E-state index in [-0.39, 0.29) is 5.69 Å². The molecule has 0 radical (unpaired) electrons. The van der Waals surface area contributed by atoms with Crippen LogP contribution in [0.1, 0.15) is 16.1 Å². The summed E-state index contributed by atoms with van der Waals surface area (Å²) in [6.07, 6.45) is 0. The molecule has 0 saturated heterocycles. The second kappa shape index (κ2) is 4.31. The van der Waals surface area contributed by atoms with Gasteiger partial charge < -0.3 is 15.7 Å². The maximum absolute atomic E-state index is 10.8. The molecule has 1 rings (SSSR count). The molecule has 0 aliphatic carbocycles. The largest absolute Gasteiger partial charge is 0.476 e. The molecule has 0 bridgehead atoms. The fourth-order valence-corrected chi connectivity index (χ4v) is 1.23. The highest BCUT2D eigenvalue weighted by Gasteiger charge is 2.16. The zero-order valence-electron chi connectivity index (χ0n) is 9.19. The summed E-state index contributed by atoms with van der Waals surface area (Å²) in [6, 6.07) is 0. The number of carbonyl (C=O) groups is 1. The summed E-state index contributed by atoms with van der Waals surface area (Å²) in [7, 11) is 3.87. The predicted molar refractivity (Wildman–Crippen MR) is 56.9 cm³/mol. The quantitative estimate of drug-likeness (QED) is 0.735. The second-order valence-electron chi connectivity index (χ2n) is 3.69. The third kappa shape index (κ3) is 2.47. The van der Waals surface area contributed by atoms with Gasteiger partial charge >= 0.3 is 5.97 Å². The van der Waals surface area contributed by atoms with Crippen LogP contribution in [0.4, 0.5) is 5.82 Å². The smallest absolute Gasteiger partial charge is 0.356 e. The Balaban J connectivity index is 2.90. The fraction of sp³-hybridized carbons (Fsp3) is 0.556. The van der Waals surface area contributed by atoms with Gasteiger partial charge in [0.15, 0.2) is 5.69 Å². The van der Waals surface area contributed by atoms with Crippen LogP contribution in [0.25, 0.3) is 0 Å². The Bertz CT molecular complexity index is 370. The number of carboxylic acids is 1. The third-order valence-corrected chi connectivity index (χ3v) is 2.20. The number of nitrogens with zero attached hydrogens (tertiary/aromatic N) is 3. The topological polar surface area (TPSA) is 84.4 Å². The van der Waals surface area contributed by atoms with Gasteiger partial charge in [-0.25, -0.2) is 9.48 Å². The van der Waals surface area contributed by atoms with E-state index in [1.54, 1.807) is 6.92 Å². The van der Waals surface area contributed by atoms with E-state index in [2.05, 4.69) is 5.10 Å². The van der Waals surface area contributed by atoms with Crippen LogP contribution in [-0.4, -0.2) is 46.4 Å². The number of hydrogen-bond acceptors (Lipinski definition) is 4. The molecule has 0 spiro atoms. The molecule has 1 aromatic heterocycles. The molecule has 6 nitrogen and oxygen atoms in total. The van der Waals surface area contributed by atoms with E-state index >= 15 is 0 Å². The van der Waals surface area contributed by atoms with E-state index in [1.807, 2.05) is 19.0 Å². The molecule has 0 fully saturated rings. The number of carboxylic acid groups (broad SMARTS) is 1. The summed E-state index contributed by atoms with van der Waals surface area (Å²) in [5, 5.41) is 12.8. The Kier molecular flexibility index (Phi) is 3.31. The molecule has 0 aliphatic heterocycles. The van der Waals surface area contributed by atoms with Gasteiger partial charge in [0, 0.05) is 12.1 Å². The summed E-state index contributed by atoms with van der Waals surface area (Å²) < 4.78 is 1.53. The van der Waals surface area contributed by atoms with Crippen molar-refractivity contribution in [2.45, 2.75) is 13.5 Å². The first-order valence-corrected chi connectivity index (χ1v) is 4.64. The van der Waals surface area contributed by atoms with Crippen LogP contribution in [0.3, 0.4) is 0 Å². The van der Waals surface area contributed by atoms with Gasteiger partial charge in [0.2, 0.25) is 0 Å². The fourth-order valence-electron chi connectivity index (χ4n) is 1.23. The summed E-state index contributed by atoms with van der Waals surface area (Å²) in [5.74, 6) is -0.614. The summed E-state index contributed by atoms with van der Waals surface area (Å²) in [4.78, 5) is 12.8. The van der Waals surface area contributed by atoms with Crippen molar-refractivity contribution in [1.82, 2.24) is 14.7 Å². The zero-order chi connectivity index (χ0) is 11.6. The van der Waals surface area contributed by atoms with Crippen LogP contribution in [0.2, 0.25) is 0 Å². The van der Waals surface area contributed by atoms with Gasteiger partial charge in [-0.2, -0.15) is 5.10 Å². The molecule has 0 aromatic carbocycles. The Hall–Kier alpha value is -1.56. The molecule has 1 heterocycles. The lowest BCUT2D eigenvalue weighted by atomic mass is 10.2. The molecule has 0 atom stereocenters. The number of hydrogen-bond donors (Lipinski definition) is 2. The van der Waals surface area contributed by atoms with Gasteiger partial charge in [-0.15, -0.1) is 0 Å². The number of aromatic carboxylic acids is 1. The first-order valence-electron chi connectivity index (χ1n) is 4.64. The van der Waals surface area contributed by atoms with Crippen molar-refractivity contribution in [2.24, 2.45) is 0 Å². The van der Waals surface area contributed by atoms with E-state index in [9.17, 15) is 4.79 Å². The molecule has 1 aromatic rings. The average molecular weight is 212 g/mol. The lowest BCUT2D eigenvalue weighted by Crippen LogP contribution is -2.20. The van der Waals surface area contributed by atoms with Crippen LogP contribution in [0.15, 0.2) is 0 Å². The van der Waals surface area contributed by atoms with Crippen molar-refractivity contribution in [1.29, 1.82) is 0 Å². The summed E-state index contributed by atoms with van der Waals surface area (Å²) >= 11 is 0. The van der Waals surface area contributed by atoms with Crippen molar-refractivity contribution >= 4 is 11.8 Å². The van der Waals surface area contributed by atoms with Crippen molar-refractivity contribution < 1.29 is 9.90 Å². The van der Waals surface area contributed by atoms with Crippen molar-refractivity contribution in [2.75, 3.05) is 26.4 Å². The van der Waals surface area contributed by atoms with Gasteiger partial charge in [0.25, 0.3) is 0 Å². The Morgan fingerprint density at radius 2 is 2.20 bits per heavy atom. The van der Waals surface area contributed by atoms with Crippen LogP contribution < -0.4 is 5.73 Å². The molecule has 84 valence electrons. The van der Waals surface area contributed by atoms with E-state index in [0.717, 1.165) is 6.54 Å². The molecular formula is C9H16N4O2. The lowest BCUT2D eigenvalue weighted by Gasteiger charge is -2.10. The standard InChI is InChI=1S/C9H16N4O2/c1-6-7(9(14)15)11-13(8(6)10)5-4-12(2)3/h4-5,10H2,1-3H3,(H,14,15). The number of nitrogen functional groups attached to an aromatic ring is 1. The number of rotatable bonds is 4. The van der Waals surface area contributed by atoms with E-state index in [4.69, 9.17) is 10.8 Å². The maximum Gasteiger partial charge on any atom is 0.356 e. The maximum atomic E-state index is 10.8. The third-order valence-electron chi connectivity index (χ3n) is 2.20. The first kappa shape index (κ1) is 11.5. The molecule has 0 aliphatic rings.